The lowest BCUT2D eigenvalue weighted by Crippen LogP contribution is -2.07. The molecule has 2 aromatic heterocycles. The van der Waals surface area contributed by atoms with E-state index < -0.39 is 0 Å². The van der Waals surface area contributed by atoms with Crippen LogP contribution >= 0.6 is 0 Å². The number of aromatic nitrogens is 4. The van der Waals surface area contributed by atoms with E-state index in [0.29, 0.717) is 11.5 Å². The molecule has 0 fully saturated rings. The molecule has 0 saturated carbocycles. The Morgan fingerprint density at radius 2 is 1.78 bits per heavy atom. The highest BCUT2D eigenvalue weighted by Gasteiger charge is 2.14. The fourth-order valence-electron chi connectivity index (χ4n) is 2.55. The third-order valence-corrected chi connectivity index (χ3v) is 3.76. The standard InChI is InChI=1S/C17H13FN4O/c1-11(12-6-8-13(18)9-7-12)23-17-15-5-3-2-4-14(15)16-20-19-10-22(16)21-17/h2-11H,1H3. The minimum atomic E-state index is -0.268. The number of nitrogens with zero attached hydrogens (tertiary/aromatic N) is 4. The van der Waals surface area contributed by atoms with Crippen molar-refractivity contribution in [3.05, 3.63) is 66.2 Å². The Labute approximate surface area is 131 Å². The number of hydrogen-bond donors (Lipinski definition) is 0. The highest BCUT2D eigenvalue weighted by Crippen LogP contribution is 2.29. The molecule has 114 valence electrons. The van der Waals surface area contributed by atoms with Gasteiger partial charge in [-0.3, -0.25) is 0 Å². The molecule has 0 bridgehead atoms. The molecular formula is C17H13FN4O. The molecule has 0 aliphatic carbocycles. The van der Waals surface area contributed by atoms with Crippen molar-refractivity contribution in [2.45, 2.75) is 13.0 Å². The van der Waals surface area contributed by atoms with Crippen molar-refractivity contribution in [1.29, 1.82) is 0 Å². The quantitative estimate of drug-likeness (QED) is 0.581. The van der Waals surface area contributed by atoms with Crippen LogP contribution in [-0.2, 0) is 0 Å². The molecule has 2 aromatic carbocycles. The third-order valence-electron chi connectivity index (χ3n) is 3.76. The van der Waals surface area contributed by atoms with Gasteiger partial charge < -0.3 is 4.74 Å². The lowest BCUT2D eigenvalue weighted by atomic mass is 10.1. The van der Waals surface area contributed by atoms with E-state index in [4.69, 9.17) is 4.74 Å². The average molecular weight is 308 g/mol. The number of hydrogen-bond acceptors (Lipinski definition) is 4. The van der Waals surface area contributed by atoms with Crippen LogP contribution in [0.25, 0.3) is 16.4 Å². The second-order valence-corrected chi connectivity index (χ2v) is 5.26. The van der Waals surface area contributed by atoms with E-state index >= 15 is 0 Å². The molecule has 0 aliphatic rings. The van der Waals surface area contributed by atoms with Crippen molar-refractivity contribution in [2.24, 2.45) is 0 Å². The topological polar surface area (TPSA) is 52.3 Å². The summed E-state index contributed by atoms with van der Waals surface area (Å²) in [5, 5.41) is 14.2. The SMILES string of the molecule is CC(Oc1nn2cnnc2c2ccccc12)c1ccc(F)cc1. The molecule has 0 saturated heterocycles. The van der Waals surface area contributed by atoms with Crippen LogP contribution in [0.15, 0.2) is 54.9 Å². The number of halogens is 1. The molecule has 0 N–H and O–H groups in total. The van der Waals surface area contributed by atoms with Crippen molar-refractivity contribution in [3.8, 4) is 5.88 Å². The van der Waals surface area contributed by atoms with E-state index in [1.807, 2.05) is 31.2 Å². The van der Waals surface area contributed by atoms with Gasteiger partial charge in [-0.25, -0.2) is 4.39 Å². The first-order chi connectivity index (χ1) is 11.2. The second-order valence-electron chi connectivity index (χ2n) is 5.26. The fraction of sp³-hybridized carbons (Fsp3) is 0.118. The lowest BCUT2D eigenvalue weighted by Gasteiger charge is -2.16. The van der Waals surface area contributed by atoms with Gasteiger partial charge in [-0.15, -0.1) is 15.3 Å². The Balaban J connectivity index is 1.79. The number of rotatable bonds is 3. The summed E-state index contributed by atoms with van der Waals surface area (Å²) in [7, 11) is 0. The highest BCUT2D eigenvalue weighted by molar-refractivity contribution is 5.96. The predicted octanol–water partition coefficient (Wildman–Crippen LogP) is 3.56. The maximum absolute atomic E-state index is 13.1. The van der Waals surface area contributed by atoms with Gasteiger partial charge >= 0.3 is 0 Å². The van der Waals surface area contributed by atoms with E-state index in [9.17, 15) is 4.39 Å². The Morgan fingerprint density at radius 1 is 1.04 bits per heavy atom. The minimum absolute atomic E-state index is 0.263. The van der Waals surface area contributed by atoms with E-state index in [1.54, 1.807) is 16.6 Å². The molecular weight excluding hydrogens is 295 g/mol. The van der Waals surface area contributed by atoms with Crippen molar-refractivity contribution in [1.82, 2.24) is 19.8 Å². The first-order valence-electron chi connectivity index (χ1n) is 7.23. The van der Waals surface area contributed by atoms with E-state index in [-0.39, 0.29) is 11.9 Å². The molecule has 4 rings (SSSR count). The maximum atomic E-state index is 13.1. The van der Waals surface area contributed by atoms with Crippen molar-refractivity contribution in [3.63, 3.8) is 0 Å². The van der Waals surface area contributed by atoms with Crippen LogP contribution in [0.2, 0.25) is 0 Å². The Morgan fingerprint density at radius 3 is 2.57 bits per heavy atom. The molecule has 6 heteroatoms. The molecule has 0 spiro atoms. The van der Waals surface area contributed by atoms with Gasteiger partial charge in [0.2, 0.25) is 5.88 Å². The van der Waals surface area contributed by atoms with Gasteiger partial charge in [0.25, 0.3) is 0 Å². The minimum Gasteiger partial charge on any atom is -0.468 e. The maximum Gasteiger partial charge on any atom is 0.240 e. The van der Waals surface area contributed by atoms with Crippen LogP contribution < -0.4 is 4.74 Å². The van der Waals surface area contributed by atoms with Crippen molar-refractivity contribution in [2.75, 3.05) is 0 Å². The second kappa shape index (κ2) is 5.31. The third kappa shape index (κ3) is 2.38. The smallest absolute Gasteiger partial charge is 0.240 e. The first-order valence-corrected chi connectivity index (χ1v) is 7.23. The zero-order chi connectivity index (χ0) is 15.8. The normalized spacial score (nSPS) is 12.6. The summed E-state index contributed by atoms with van der Waals surface area (Å²) in [6.07, 6.45) is 1.28. The van der Waals surface area contributed by atoms with Gasteiger partial charge in [0.1, 0.15) is 18.2 Å². The van der Waals surface area contributed by atoms with Gasteiger partial charge in [0.05, 0.1) is 0 Å². The Kier molecular flexibility index (Phi) is 3.15. The molecule has 23 heavy (non-hydrogen) atoms. The van der Waals surface area contributed by atoms with Gasteiger partial charge in [0, 0.05) is 10.8 Å². The van der Waals surface area contributed by atoms with Gasteiger partial charge in [-0.1, -0.05) is 30.3 Å². The molecule has 2 heterocycles. The predicted molar refractivity (Wildman–Crippen MR) is 83.7 cm³/mol. The number of benzene rings is 2. The molecule has 0 amide bonds. The summed E-state index contributed by atoms with van der Waals surface area (Å²) in [6, 6.07) is 14.0. The van der Waals surface area contributed by atoms with Gasteiger partial charge in [-0.2, -0.15) is 4.52 Å². The summed E-state index contributed by atoms with van der Waals surface area (Å²) < 4.78 is 20.7. The lowest BCUT2D eigenvalue weighted by molar-refractivity contribution is 0.217. The summed E-state index contributed by atoms with van der Waals surface area (Å²) in [5.74, 6) is 0.222. The highest BCUT2D eigenvalue weighted by atomic mass is 19.1. The van der Waals surface area contributed by atoms with Crippen LogP contribution in [0.3, 0.4) is 0 Å². The van der Waals surface area contributed by atoms with Crippen LogP contribution in [0.1, 0.15) is 18.6 Å². The van der Waals surface area contributed by atoms with Crippen LogP contribution in [-0.4, -0.2) is 19.8 Å². The summed E-state index contributed by atoms with van der Waals surface area (Å²) >= 11 is 0. The van der Waals surface area contributed by atoms with Crippen LogP contribution in [0, 0.1) is 5.82 Å². The average Bonchev–Trinajstić information content (AvgIpc) is 3.04. The number of ether oxygens (including phenoxy) is 1. The van der Waals surface area contributed by atoms with E-state index in [0.717, 1.165) is 16.3 Å². The van der Waals surface area contributed by atoms with Gasteiger partial charge in [-0.05, 0) is 30.7 Å². The molecule has 4 aromatic rings. The van der Waals surface area contributed by atoms with Crippen LogP contribution in [0.5, 0.6) is 5.88 Å². The summed E-state index contributed by atoms with van der Waals surface area (Å²) in [6.45, 7) is 1.90. The Bertz CT molecular complexity index is 981. The Hall–Kier alpha value is -3.02. The van der Waals surface area contributed by atoms with Crippen molar-refractivity contribution < 1.29 is 9.13 Å². The largest absolute Gasteiger partial charge is 0.468 e. The molecule has 1 atom stereocenters. The summed E-state index contributed by atoms with van der Waals surface area (Å²) in [5.41, 5.74) is 1.56. The van der Waals surface area contributed by atoms with Crippen molar-refractivity contribution >= 4 is 16.4 Å². The van der Waals surface area contributed by atoms with E-state index in [2.05, 4.69) is 15.3 Å². The molecule has 0 aliphatic heterocycles. The zero-order valence-corrected chi connectivity index (χ0v) is 12.3. The first kappa shape index (κ1) is 13.6. The number of fused-ring (bicyclic) bond motifs is 3. The molecule has 5 nitrogen and oxygen atoms in total. The monoisotopic (exact) mass is 308 g/mol. The van der Waals surface area contributed by atoms with Crippen LogP contribution in [0.4, 0.5) is 4.39 Å². The molecule has 0 radical (unpaired) electrons. The molecule has 1 unspecified atom stereocenters. The zero-order valence-electron chi connectivity index (χ0n) is 12.3. The fourth-order valence-corrected chi connectivity index (χ4v) is 2.55. The summed E-state index contributed by atoms with van der Waals surface area (Å²) in [4.78, 5) is 0. The van der Waals surface area contributed by atoms with Gasteiger partial charge in [0.15, 0.2) is 5.65 Å². The van der Waals surface area contributed by atoms with E-state index in [1.165, 1.54) is 18.5 Å².